The van der Waals surface area contributed by atoms with E-state index >= 15 is 0 Å². The lowest BCUT2D eigenvalue weighted by Gasteiger charge is -2.36. The lowest BCUT2D eigenvalue weighted by Crippen LogP contribution is -2.53. The SMILES string of the molecule is CCNC(=NCc1cn[nH]c1C)N1CCN(C(=O)c2ccco2)CC1. The van der Waals surface area contributed by atoms with Crippen molar-refractivity contribution in [2.45, 2.75) is 20.4 Å². The maximum atomic E-state index is 12.3. The number of hydrogen-bond donors (Lipinski definition) is 2. The number of guanidine groups is 1. The third-order valence-electron chi connectivity index (χ3n) is 4.27. The van der Waals surface area contributed by atoms with Crippen LogP contribution >= 0.6 is 0 Å². The van der Waals surface area contributed by atoms with Crippen LogP contribution in [-0.4, -0.2) is 64.6 Å². The van der Waals surface area contributed by atoms with Gasteiger partial charge in [-0.15, -0.1) is 0 Å². The largest absolute Gasteiger partial charge is 0.459 e. The van der Waals surface area contributed by atoms with E-state index in [0.717, 1.165) is 36.9 Å². The zero-order chi connectivity index (χ0) is 17.6. The molecule has 8 nitrogen and oxygen atoms in total. The lowest BCUT2D eigenvalue weighted by molar-refractivity contribution is 0.0657. The lowest BCUT2D eigenvalue weighted by atomic mass is 10.2. The molecule has 1 saturated heterocycles. The van der Waals surface area contributed by atoms with Gasteiger partial charge in [0, 0.05) is 44.0 Å². The summed E-state index contributed by atoms with van der Waals surface area (Å²) in [6, 6.07) is 3.44. The highest BCUT2D eigenvalue weighted by molar-refractivity contribution is 5.91. The van der Waals surface area contributed by atoms with Gasteiger partial charge in [0.15, 0.2) is 11.7 Å². The smallest absolute Gasteiger partial charge is 0.289 e. The number of furan rings is 1. The Morgan fingerprint density at radius 2 is 2.12 bits per heavy atom. The predicted octanol–water partition coefficient (Wildman–Crippen LogP) is 1.23. The monoisotopic (exact) mass is 344 g/mol. The van der Waals surface area contributed by atoms with Gasteiger partial charge in [0.1, 0.15) is 0 Å². The fourth-order valence-corrected chi connectivity index (χ4v) is 2.80. The number of aromatic nitrogens is 2. The molecule has 0 unspecified atom stereocenters. The van der Waals surface area contributed by atoms with E-state index in [-0.39, 0.29) is 5.91 Å². The van der Waals surface area contributed by atoms with Gasteiger partial charge in [-0.05, 0) is 26.0 Å². The van der Waals surface area contributed by atoms with E-state index in [4.69, 9.17) is 9.41 Å². The Hall–Kier alpha value is -2.77. The van der Waals surface area contributed by atoms with E-state index in [1.54, 1.807) is 12.1 Å². The zero-order valence-electron chi connectivity index (χ0n) is 14.7. The van der Waals surface area contributed by atoms with E-state index in [2.05, 4.69) is 27.3 Å². The second-order valence-electron chi connectivity index (χ2n) is 5.95. The number of aromatic amines is 1. The summed E-state index contributed by atoms with van der Waals surface area (Å²) in [4.78, 5) is 21.1. The Morgan fingerprint density at radius 3 is 2.72 bits per heavy atom. The molecule has 0 aliphatic carbocycles. The van der Waals surface area contributed by atoms with Crippen molar-refractivity contribution >= 4 is 11.9 Å². The Labute approximate surface area is 146 Å². The summed E-state index contributed by atoms with van der Waals surface area (Å²) >= 11 is 0. The third kappa shape index (κ3) is 4.01. The molecule has 8 heteroatoms. The number of carbonyl (C=O) groups excluding carboxylic acids is 1. The number of hydrogen-bond acceptors (Lipinski definition) is 4. The van der Waals surface area contributed by atoms with Crippen LogP contribution in [0, 0.1) is 6.92 Å². The van der Waals surface area contributed by atoms with E-state index in [0.29, 0.717) is 25.4 Å². The molecule has 2 aromatic rings. The van der Waals surface area contributed by atoms with Gasteiger partial charge in [0.25, 0.3) is 5.91 Å². The fraction of sp³-hybridized carbons (Fsp3) is 0.471. The van der Waals surface area contributed by atoms with Crippen molar-refractivity contribution in [3.8, 4) is 0 Å². The number of rotatable bonds is 4. The average Bonchev–Trinajstić information content (AvgIpc) is 3.30. The molecule has 2 aromatic heterocycles. The number of nitrogens with zero attached hydrogens (tertiary/aromatic N) is 4. The summed E-state index contributed by atoms with van der Waals surface area (Å²) < 4.78 is 5.20. The maximum absolute atomic E-state index is 12.3. The second-order valence-corrected chi connectivity index (χ2v) is 5.95. The van der Waals surface area contributed by atoms with Crippen LogP contribution in [0.5, 0.6) is 0 Å². The number of carbonyl (C=O) groups is 1. The van der Waals surface area contributed by atoms with Crippen LogP contribution in [0.1, 0.15) is 28.7 Å². The van der Waals surface area contributed by atoms with E-state index in [1.807, 2.05) is 18.0 Å². The van der Waals surface area contributed by atoms with Crippen molar-refractivity contribution in [3.05, 3.63) is 41.6 Å². The molecule has 134 valence electrons. The molecule has 2 N–H and O–H groups in total. The Balaban J connectivity index is 1.60. The molecule has 0 spiro atoms. The zero-order valence-corrected chi connectivity index (χ0v) is 14.7. The van der Waals surface area contributed by atoms with Crippen LogP contribution in [0.2, 0.25) is 0 Å². The summed E-state index contributed by atoms with van der Waals surface area (Å²) in [7, 11) is 0. The van der Waals surface area contributed by atoms with E-state index in [9.17, 15) is 4.79 Å². The molecule has 3 heterocycles. The number of nitrogens with one attached hydrogen (secondary N) is 2. The summed E-state index contributed by atoms with van der Waals surface area (Å²) in [5.41, 5.74) is 2.12. The predicted molar refractivity (Wildman–Crippen MR) is 94.3 cm³/mol. The standard InChI is InChI=1S/C17H24N6O2/c1-3-18-17(19-11-14-12-20-21-13(14)2)23-8-6-22(7-9-23)16(24)15-5-4-10-25-15/h4-5,10,12H,3,6-9,11H2,1-2H3,(H,18,19)(H,20,21). The molecular weight excluding hydrogens is 320 g/mol. The first-order valence-electron chi connectivity index (χ1n) is 8.54. The van der Waals surface area contributed by atoms with Gasteiger partial charge in [-0.1, -0.05) is 0 Å². The van der Waals surface area contributed by atoms with E-state index in [1.165, 1.54) is 6.26 Å². The molecular formula is C17H24N6O2. The average molecular weight is 344 g/mol. The van der Waals surface area contributed by atoms with Gasteiger partial charge in [-0.2, -0.15) is 5.10 Å². The van der Waals surface area contributed by atoms with Gasteiger partial charge in [0.2, 0.25) is 0 Å². The number of piperazine rings is 1. The van der Waals surface area contributed by atoms with Crippen LogP contribution in [-0.2, 0) is 6.54 Å². The highest BCUT2D eigenvalue weighted by Gasteiger charge is 2.25. The number of H-pyrrole nitrogens is 1. The van der Waals surface area contributed by atoms with E-state index < -0.39 is 0 Å². The minimum absolute atomic E-state index is 0.0550. The first kappa shape index (κ1) is 17.1. The topological polar surface area (TPSA) is 89.8 Å². The number of amides is 1. The Kier molecular flexibility index (Phi) is 5.37. The van der Waals surface area contributed by atoms with Gasteiger partial charge < -0.3 is 19.5 Å². The van der Waals surface area contributed by atoms with Crippen molar-refractivity contribution in [1.82, 2.24) is 25.3 Å². The van der Waals surface area contributed by atoms with Crippen molar-refractivity contribution in [3.63, 3.8) is 0 Å². The van der Waals surface area contributed by atoms with Gasteiger partial charge in [-0.25, -0.2) is 4.99 Å². The highest BCUT2D eigenvalue weighted by Crippen LogP contribution is 2.10. The van der Waals surface area contributed by atoms with Crippen molar-refractivity contribution in [2.75, 3.05) is 32.7 Å². The van der Waals surface area contributed by atoms with Crippen LogP contribution in [0.4, 0.5) is 0 Å². The molecule has 1 amide bonds. The van der Waals surface area contributed by atoms with Crippen molar-refractivity contribution < 1.29 is 9.21 Å². The quantitative estimate of drug-likeness (QED) is 0.643. The fourth-order valence-electron chi connectivity index (χ4n) is 2.80. The highest BCUT2D eigenvalue weighted by atomic mass is 16.3. The second kappa shape index (κ2) is 7.87. The van der Waals surface area contributed by atoms with Crippen LogP contribution in [0.3, 0.4) is 0 Å². The van der Waals surface area contributed by atoms with Gasteiger partial charge >= 0.3 is 0 Å². The minimum atomic E-state index is -0.0550. The first-order valence-corrected chi connectivity index (χ1v) is 8.54. The molecule has 1 fully saturated rings. The number of aliphatic imine (C=N–C) groups is 1. The normalized spacial score (nSPS) is 15.5. The summed E-state index contributed by atoms with van der Waals surface area (Å²) in [5, 5.41) is 10.3. The molecule has 1 aliphatic rings. The maximum Gasteiger partial charge on any atom is 0.289 e. The third-order valence-corrected chi connectivity index (χ3v) is 4.27. The van der Waals surface area contributed by atoms with Crippen LogP contribution in [0.15, 0.2) is 34.0 Å². The molecule has 3 rings (SSSR count). The molecule has 0 bridgehead atoms. The van der Waals surface area contributed by atoms with Crippen LogP contribution < -0.4 is 5.32 Å². The van der Waals surface area contributed by atoms with Crippen molar-refractivity contribution in [1.29, 1.82) is 0 Å². The molecule has 25 heavy (non-hydrogen) atoms. The molecule has 1 aliphatic heterocycles. The molecule has 0 radical (unpaired) electrons. The van der Waals surface area contributed by atoms with Crippen molar-refractivity contribution in [2.24, 2.45) is 4.99 Å². The Bertz CT molecular complexity index is 713. The molecule has 0 saturated carbocycles. The van der Waals surface area contributed by atoms with Gasteiger partial charge in [0.05, 0.1) is 19.0 Å². The van der Waals surface area contributed by atoms with Crippen LogP contribution in [0.25, 0.3) is 0 Å². The minimum Gasteiger partial charge on any atom is -0.459 e. The summed E-state index contributed by atoms with van der Waals surface area (Å²) in [5.74, 6) is 1.21. The Morgan fingerprint density at radius 1 is 1.36 bits per heavy atom. The molecule has 0 atom stereocenters. The summed E-state index contributed by atoms with van der Waals surface area (Å²) in [6.07, 6.45) is 3.33. The first-order chi connectivity index (χ1) is 12.2. The number of aryl methyl sites for hydroxylation is 1. The van der Waals surface area contributed by atoms with Gasteiger partial charge in [-0.3, -0.25) is 9.89 Å². The molecule has 0 aromatic carbocycles. The summed E-state index contributed by atoms with van der Waals surface area (Å²) in [6.45, 7) is 8.19.